The first-order valence-electron chi connectivity index (χ1n) is 6.78. The topological polar surface area (TPSA) is 104 Å². The quantitative estimate of drug-likeness (QED) is 0.673. The van der Waals surface area contributed by atoms with E-state index in [9.17, 15) is 18.0 Å². The number of hydrogen-bond donors (Lipinski definition) is 2. The standard InChI is InChI=1S/C15H18N2O5S/c1-3-9-16-23(21,22)13-7-4-6-12(11-13)15(20)17(2)10-5-8-14(18)19/h1,4,6-7,11,16H,5,8-10H2,2H3,(H,18,19). The Kier molecular flexibility index (Phi) is 6.75. The van der Waals surface area contributed by atoms with Crippen LogP contribution in [0.3, 0.4) is 0 Å². The van der Waals surface area contributed by atoms with Gasteiger partial charge in [0.2, 0.25) is 10.0 Å². The Bertz CT molecular complexity index is 722. The molecule has 0 saturated carbocycles. The molecule has 23 heavy (non-hydrogen) atoms. The molecule has 0 spiro atoms. The van der Waals surface area contributed by atoms with Crippen LogP contribution in [0.25, 0.3) is 0 Å². The van der Waals surface area contributed by atoms with Crippen molar-refractivity contribution < 1.29 is 23.1 Å². The highest BCUT2D eigenvalue weighted by Crippen LogP contribution is 2.13. The second-order valence-electron chi connectivity index (χ2n) is 4.78. The molecule has 1 aromatic carbocycles. The number of carbonyl (C=O) groups is 2. The van der Waals surface area contributed by atoms with Gasteiger partial charge in [-0.05, 0) is 24.6 Å². The van der Waals surface area contributed by atoms with Gasteiger partial charge in [0.05, 0.1) is 11.4 Å². The van der Waals surface area contributed by atoms with Crippen LogP contribution in [-0.4, -0.2) is 50.4 Å². The maximum atomic E-state index is 12.2. The van der Waals surface area contributed by atoms with E-state index in [-0.39, 0.29) is 35.9 Å². The smallest absolute Gasteiger partial charge is 0.303 e. The molecule has 124 valence electrons. The number of carboxylic acids is 1. The SMILES string of the molecule is C#CCNS(=O)(=O)c1cccc(C(=O)N(C)CCCC(=O)O)c1. The van der Waals surface area contributed by atoms with Gasteiger partial charge in [0.25, 0.3) is 5.91 Å². The van der Waals surface area contributed by atoms with E-state index in [2.05, 4.69) is 10.6 Å². The monoisotopic (exact) mass is 338 g/mol. The molecule has 1 aromatic rings. The van der Waals surface area contributed by atoms with Crippen LogP contribution in [0, 0.1) is 12.3 Å². The van der Waals surface area contributed by atoms with Crippen molar-refractivity contribution in [3.8, 4) is 12.3 Å². The molecule has 0 unspecified atom stereocenters. The molecule has 0 aliphatic carbocycles. The third kappa shape index (κ3) is 5.73. The van der Waals surface area contributed by atoms with Crippen LogP contribution in [0.2, 0.25) is 0 Å². The first kappa shape index (κ1) is 18.7. The molecule has 1 rings (SSSR count). The lowest BCUT2D eigenvalue weighted by molar-refractivity contribution is -0.137. The molecule has 0 saturated heterocycles. The number of amides is 1. The van der Waals surface area contributed by atoms with E-state index in [0.717, 1.165) is 0 Å². The Hall–Kier alpha value is -2.37. The fourth-order valence-corrected chi connectivity index (χ4v) is 2.79. The van der Waals surface area contributed by atoms with Crippen molar-refractivity contribution >= 4 is 21.9 Å². The number of hydrogen-bond acceptors (Lipinski definition) is 4. The van der Waals surface area contributed by atoms with Gasteiger partial charge in [-0.25, -0.2) is 8.42 Å². The molecule has 0 fully saturated rings. The molecule has 8 heteroatoms. The van der Waals surface area contributed by atoms with E-state index in [1.807, 2.05) is 0 Å². The van der Waals surface area contributed by atoms with Crippen molar-refractivity contribution in [2.24, 2.45) is 0 Å². The molecule has 0 aromatic heterocycles. The summed E-state index contributed by atoms with van der Waals surface area (Å²) in [5, 5.41) is 8.59. The molecule has 2 N–H and O–H groups in total. The zero-order valence-electron chi connectivity index (χ0n) is 12.7. The van der Waals surface area contributed by atoms with Crippen LogP contribution in [0.15, 0.2) is 29.2 Å². The van der Waals surface area contributed by atoms with Crippen molar-refractivity contribution in [1.82, 2.24) is 9.62 Å². The van der Waals surface area contributed by atoms with Crippen LogP contribution in [0.4, 0.5) is 0 Å². The first-order chi connectivity index (χ1) is 10.8. The Morgan fingerprint density at radius 1 is 1.39 bits per heavy atom. The van der Waals surface area contributed by atoms with Crippen LogP contribution >= 0.6 is 0 Å². The van der Waals surface area contributed by atoms with Crippen molar-refractivity contribution in [2.45, 2.75) is 17.7 Å². The fourth-order valence-electron chi connectivity index (χ4n) is 1.81. The minimum atomic E-state index is -3.77. The van der Waals surface area contributed by atoms with E-state index in [0.29, 0.717) is 6.42 Å². The molecule has 0 atom stereocenters. The lowest BCUT2D eigenvalue weighted by Gasteiger charge is -2.17. The van der Waals surface area contributed by atoms with Crippen molar-refractivity contribution in [2.75, 3.05) is 20.1 Å². The summed E-state index contributed by atoms with van der Waals surface area (Å²) >= 11 is 0. The Morgan fingerprint density at radius 2 is 2.09 bits per heavy atom. The number of nitrogens with zero attached hydrogens (tertiary/aromatic N) is 1. The summed E-state index contributed by atoms with van der Waals surface area (Å²) in [6.07, 6.45) is 5.30. The summed E-state index contributed by atoms with van der Waals surface area (Å²) in [5.41, 5.74) is 0.200. The fraction of sp³-hybridized carbons (Fsp3) is 0.333. The predicted molar refractivity (Wildman–Crippen MR) is 84.3 cm³/mol. The third-order valence-corrected chi connectivity index (χ3v) is 4.39. The van der Waals surface area contributed by atoms with E-state index in [1.165, 1.54) is 36.2 Å². The summed E-state index contributed by atoms with van der Waals surface area (Å²) in [5.74, 6) is 0.851. The van der Waals surface area contributed by atoms with Crippen molar-refractivity contribution in [3.05, 3.63) is 29.8 Å². The minimum absolute atomic E-state index is 0.0396. The molecule has 1 amide bonds. The maximum Gasteiger partial charge on any atom is 0.303 e. The molecular weight excluding hydrogens is 320 g/mol. The molecule has 0 radical (unpaired) electrons. The Labute approximate surface area is 135 Å². The highest BCUT2D eigenvalue weighted by molar-refractivity contribution is 7.89. The largest absolute Gasteiger partial charge is 0.481 e. The van der Waals surface area contributed by atoms with Gasteiger partial charge in [-0.1, -0.05) is 12.0 Å². The maximum absolute atomic E-state index is 12.2. The number of benzene rings is 1. The van der Waals surface area contributed by atoms with E-state index >= 15 is 0 Å². The van der Waals surface area contributed by atoms with Gasteiger partial charge in [-0.2, -0.15) is 4.72 Å². The molecule has 0 aliphatic rings. The van der Waals surface area contributed by atoms with Crippen LogP contribution in [0.1, 0.15) is 23.2 Å². The molecule has 0 aliphatic heterocycles. The summed E-state index contributed by atoms with van der Waals surface area (Å²) in [6.45, 7) is 0.118. The highest BCUT2D eigenvalue weighted by atomic mass is 32.2. The number of nitrogens with one attached hydrogen (secondary N) is 1. The van der Waals surface area contributed by atoms with Crippen LogP contribution in [-0.2, 0) is 14.8 Å². The van der Waals surface area contributed by atoms with E-state index in [1.54, 1.807) is 0 Å². The zero-order valence-corrected chi connectivity index (χ0v) is 13.5. The summed E-state index contributed by atoms with van der Waals surface area (Å²) < 4.78 is 26.2. The van der Waals surface area contributed by atoms with Crippen molar-refractivity contribution in [3.63, 3.8) is 0 Å². The number of sulfonamides is 1. The lowest BCUT2D eigenvalue weighted by Crippen LogP contribution is -2.29. The van der Waals surface area contributed by atoms with Gasteiger partial charge in [-0.15, -0.1) is 6.42 Å². The summed E-state index contributed by atoms with van der Waals surface area (Å²) in [4.78, 5) is 24.0. The second-order valence-corrected chi connectivity index (χ2v) is 6.55. The third-order valence-electron chi connectivity index (χ3n) is 2.99. The van der Waals surface area contributed by atoms with E-state index < -0.39 is 16.0 Å². The van der Waals surface area contributed by atoms with Gasteiger partial charge in [0.15, 0.2) is 0 Å². The second kappa shape index (κ2) is 8.31. The molecular formula is C15H18N2O5S. The lowest BCUT2D eigenvalue weighted by atomic mass is 10.2. The minimum Gasteiger partial charge on any atom is -0.481 e. The highest BCUT2D eigenvalue weighted by Gasteiger charge is 2.17. The zero-order chi connectivity index (χ0) is 17.5. The van der Waals surface area contributed by atoms with Gasteiger partial charge in [0.1, 0.15) is 0 Å². The number of rotatable bonds is 8. The number of terminal acetylenes is 1. The van der Waals surface area contributed by atoms with E-state index in [4.69, 9.17) is 11.5 Å². The van der Waals surface area contributed by atoms with Gasteiger partial charge >= 0.3 is 5.97 Å². The van der Waals surface area contributed by atoms with Crippen molar-refractivity contribution in [1.29, 1.82) is 0 Å². The summed E-state index contributed by atoms with van der Waals surface area (Å²) in [6, 6.07) is 5.58. The Balaban J connectivity index is 2.85. The van der Waals surface area contributed by atoms with Gasteiger partial charge < -0.3 is 10.0 Å². The number of carboxylic acid groups (broad SMARTS) is 1. The molecule has 7 nitrogen and oxygen atoms in total. The average Bonchev–Trinajstić information content (AvgIpc) is 2.52. The molecule has 0 bridgehead atoms. The van der Waals surface area contributed by atoms with Gasteiger partial charge in [0, 0.05) is 25.6 Å². The number of aliphatic carboxylic acids is 1. The van der Waals surface area contributed by atoms with Crippen LogP contribution < -0.4 is 4.72 Å². The predicted octanol–water partition coefficient (Wildman–Crippen LogP) is 0.535. The first-order valence-corrected chi connectivity index (χ1v) is 8.26. The average molecular weight is 338 g/mol. The van der Waals surface area contributed by atoms with Gasteiger partial charge in [-0.3, -0.25) is 9.59 Å². The molecule has 0 heterocycles. The number of carbonyl (C=O) groups excluding carboxylic acids is 1. The normalized spacial score (nSPS) is 10.8. The summed E-state index contributed by atoms with van der Waals surface area (Å²) in [7, 11) is -2.24. The van der Waals surface area contributed by atoms with Crippen LogP contribution in [0.5, 0.6) is 0 Å². The Morgan fingerprint density at radius 3 is 2.70 bits per heavy atom.